The lowest BCUT2D eigenvalue weighted by Gasteiger charge is -2.34. The molecule has 1 saturated heterocycles. The zero-order chi connectivity index (χ0) is 11.4. The van der Waals surface area contributed by atoms with Crippen LogP contribution in [0.5, 0.6) is 0 Å². The van der Waals surface area contributed by atoms with Gasteiger partial charge in [-0.15, -0.1) is 0 Å². The van der Waals surface area contributed by atoms with E-state index in [0.717, 1.165) is 38.6 Å². The van der Waals surface area contributed by atoms with Crippen molar-refractivity contribution in [3.8, 4) is 0 Å². The lowest BCUT2D eigenvalue weighted by atomic mass is 9.72. The molecule has 1 heterocycles. The van der Waals surface area contributed by atoms with Crippen molar-refractivity contribution in [1.82, 2.24) is 4.90 Å². The van der Waals surface area contributed by atoms with Gasteiger partial charge < -0.3 is 10.0 Å². The number of rotatable bonds is 4. The summed E-state index contributed by atoms with van der Waals surface area (Å²) in [5, 5.41) is 9.44. The molecule has 0 aromatic heterocycles. The standard InChI is InChI=1S/C13H23NO2/c15-12(16)13(6-2-1-3-7-13)8-11-14-9-4-5-10-14/h1-11H2,(H,15,16). The van der Waals surface area contributed by atoms with Crippen LogP contribution in [0.15, 0.2) is 0 Å². The van der Waals surface area contributed by atoms with E-state index in [4.69, 9.17) is 0 Å². The van der Waals surface area contributed by atoms with Crippen molar-refractivity contribution in [3.05, 3.63) is 0 Å². The molecule has 1 N–H and O–H groups in total. The predicted octanol–water partition coefficient (Wildman–Crippen LogP) is 2.51. The summed E-state index contributed by atoms with van der Waals surface area (Å²) >= 11 is 0. The first-order chi connectivity index (χ1) is 7.73. The molecule has 1 saturated carbocycles. The Morgan fingerprint density at radius 1 is 1.06 bits per heavy atom. The summed E-state index contributed by atoms with van der Waals surface area (Å²) in [5.41, 5.74) is -0.388. The minimum atomic E-state index is -0.550. The molecule has 2 aliphatic rings. The highest BCUT2D eigenvalue weighted by atomic mass is 16.4. The largest absolute Gasteiger partial charge is 0.481 e. The van der Waals surface area contributed by atoms with Gasteiger partial charge >= 0.3 is 5.97 Å². The van der Waals surface area contributed by atoms with E-state index >= 15 is 0 Å². The quantitative estimate of drug-likeness (QED) is 0.799. The highest BCUT2D eigenvalue weighted by Gasteiger charge is 2.39. The fraction of sp³-hybridized carbons (Fsp3) is 0.923. The maximum atomic E-state index is 11.5. The van der Waals surface area contributed by atoms with Crippen molar-refractivity contribution in [1.29, 1.82) is 0 Å². The van der Waals surface area contributed by atoms with Crippen LogP contribution in [0.3, 0.4) is 0 Å². The smallest absolute Gasteiger partial charge is 0.309 e. The number of carbonyl (C=O) groups is 1. The van der Waals surface area contributed by atoms with E-state index < -0.39 is 5.97 Å². The van der Waals surface area contributed by atoms with Gasteiger partial charge in [0.1, 0.15) is 0 Å². The number of carboxylic acids is 1. The molecular weight excluding hydrogens is 202 g/mol. The van der Waals surface area contributed by atoms with Crippen LogP contribution in [0, 0.1) is 5.41 Å². The van der Waals surface area contributed by atoms with Crippen molar-refractivity contribution in [2.24, 2.45) is 5.41 Å². The Hall–Kier alpha value is -0.570. The van der Waals surface area contributed by atoms with E-state index in [2.05, 4.69) is 4.90 Å². The van der Waals surface area contributed by atoms with Gasteiger partial charge in [-0.05, 0) is 51.7 Å². The van der Waals surface area contributed by atoms with Gasteiger partial charge in [-0.3, -0.25) is 4.79 Å². The first-order valence-corrected chi connectivity index (χ1v) is 6.69. The highest BCUT2D eigenvalue weighted by molar-refractivity contribution is 5.74. The maximum Gasteiger partial charge on any atom is 0.309 e. The maximum absolute atomic E-state index is 11.5. The van der Waals surface area contributed by atoms with E-state index in [0.29, 0.717) is 0 Å². The third-order valence-corrected chi connectivity index (χ3v) is 4.37. The molecule has 0 aromatic rings. The Labute approximate surface area is 97.8 Å². The zero-order valence-electron chi connectivity index (χ0n) is 10.1. The first kappa shape index (κ1) is 11.9. The monoisotopic (exact) mass is 225 g/mol. The molecule has 3 nitrogen and oxygen atoms in total. The van der Waals surface area contributed by atoms with E-state index in [1.165, 1.54) is 32.4 Å². The van der Waals surface area contributed by atoms with E-state index in [-0.39, 0.29) is 5.41 Å². The molecule has 0 spiro atoms. The molecule has 0 radical (unpaired) electrons. The minimum Gasteiger partial charge on any atom is -0.481 e. The first-order valence-electron chi connectivity index (χ1n) is 6.69. The Morgan fingerprint density at radius 2 is 1.69 bits per heavy atom. The van der Waals surface area contributed by atoms with Gasteiger partial charge in [0.25, 0.3) is 0 Å². The van der Waals surface area contributed by atoms with Crippen molar-refractivity contribution >= 4 is 5.97 Å². The normalized spacial score (nSPS) is 25.8. The highest BCUT2D eigenvalue weighted by Crippen LogP contribution is 2.39. The molecule has 92 valence electrons. The van der Waals surface area contributed by atoms with Crippen molar-refractivity contribution in [2.45, 2.75) is 51.4 Å². The van der Waals surface area contributed by atoms with E-state index in [1.807, 2.05) is 0 Å². The second-order valence-electron chi connectivity index (χ2n) is 5.44. The predicted molar refractivity (Wildman–Crippen MR) is 63.4 cm³/mol. The molecular formula is C13H23NO2. The average Bonchev–Trinajstić information content (AvgIpc) is 2.80. The Morgan fingerprint density at radius 3 is 2.25 bits per heavy atom. The van der Waals surface area contributed by atoms with Crippen LogP contribution in [0.4, 0.5) is 0 Å². The summed E-state index contributed by atoms with van der Waals surface area (Å²) in [5.74, 6) is -0.550. The van der Waals surface area contributed by atoms with Gasteiger partial charge in [0.05, 0.1) is 5.41 Å². The van der Waals surface area contributed by atoms with Crippen molar-refractivity contribution in [3.63, 3.8) is 0 Å². The Balaban J connectivity index is 1.88. The number of aliphatic carboxylic acids is 1. The van der Waals surface area contributed by atoms with Gasteiger partial charge in [0.2, 0.25) is 0 Å². The second kappa shape index (κ2) is 5.17. The number of nitrogens with zero attached hydrogens (tertiary/aromatic N) is 1. The van der Waals surface area contributed by atoms with Gasteiger partial charge in [-0.25, -0.2) is 0 Å². The molecule has 2 rings (SSSR count). The zero-order valence-corrected chi connectivity index (χ0v) is 10.1. The molecule has 0 bridgehead atoms. The van der Waals surface area contributed by atoms with Crippen LogP contribution in [-0.2, 0) is 4.79 Å². The van der Waals surface area contributed by atoms with Gasteiger partial charge in [0.15, 0.2) is 0 Å². The average molecular weight is 225 g/mol. The Kier molecular flexibility index (Phi) is 3.85. The number of hydrogen-bond donors (Lipinski definition) is 1. The fourth-order valence-corrected chi connectivity index (χ4v) is 3.18. The van der Waals surface area contributed by atoms with Gasteiger partial charge in [-0.1, -0.05) is 19.3 Å². The summed E-state index contributed by atoms with van der Waals surface area (Å²) in [6, 6.07) is 0. The van der Waals surface area contributed by atoms with Crippen LogP contribution < -0.4 is 0 Å². The minimum absolute atomic E-state index is 0.388. The number of likely N-dealkylation sites (tertiary alicyclic amines) is 1. The summed E-state index contributed by atoms with van der Waals surface area (Å²) in [4.78, 5) is 13.9. The number of carboxylic acid groups (broad SMARTS) is 1. The molecule has 0 unspecified atom stereocenters. The molecule has 0 amide bonds. The van der Waals surface area contributed by atoms with Crippen LogP contribution in [0.1, 0.15) is 51.4 Å². The molecule has 0 aromatic carbocycles. The van der Waals surface area contributed by atoms with Crippen LogP contribution in [-0.4, -0.2) is 35.6 Å². The Bertz CT molecular complexity index is 240. The summed E-state index contributed by atoms with van der Waals surface area (Å²) in [6.45, 7) is 3.34. The topological polar surface area (TPSA) is 40.5 Å². The lowest BCUT2D eigenvalue weighted by Crippen LogP contribution is -2.37. The van der Waals surface area contributed by atoms with Gasteiger partial charge in [0, 0.05) is 0 Å². The van der Waals surface area contributed by atoms with Crippen molar-refractivity contribution in [2.75, 3.05) is 19.6 Å². The molecule has 1 aliphatic heterocycles. The fourth-order valence-electron chi connectivity index (χ4n) is 3.18. The molecule has 16 heavy (non-hydrogen) atoms. The van der Waals surface area contributed by atoms with Crippen LogP contribution >= 0.6 is 0 Å². The van der Waals surface area contributed by atoms with Crippen LogP contribution in [0.25, 0.3) is 0 Å². The van der Waals surface area contributed by atoms with E-state index in [1.54, 1.807) is 0 Å². The lowest BCUT2D eigenvalue weighted by molar-refractivity contribution is -0.151. The van der Waals surface area contributed by atoms with Crippen molar-refractivity contribution < 1.29 is 9.90 Å². The molecule has 0 atom stereocenters. The molecule has 2 fully saturated rings. The third-order valence-electron chi connectivity index (χ3n) is 4.37. The SMILES string of the molecule is O=C(O)C1(CCN2CCCC2)CCCCC1. The van der Waals surface area contributed by atoms with E-state index in [9.17, 15) is 9.90 Å². The van der Waals surface area contributed by atoms with Gasteiger partial charge in [-0.2, -0.15) is 0 Å². The summed E-state index contributed by atoms with van der Waals surface area (Å²) in [6.07, 6.45) is 8.67. The molecule has 1 aliphatic carbocycles. The number of hydrogen-bond acceptors (Lipinski definition) is 2. The summed E-state index contributed by atoms with van der Waals surface area (Å²) in [7, 11) is 0. The third kappa shape index (κ3) is 2.57. The molecule has 3 heteroatoms. The van der Waals surface area contributed by atoms with Crippen LogP contribution in [0.2, 0.25) is 0 Å². The summed E-state index contributed by atoms with van der Waals surface area (Å²) < 4.78 is 0. The second-order valence-corrected chi connectivity index (χ2v) is 5.44.